The lowest BCUT2D eigenvalue weighted by molar-refractivity contribution is 0.0461. The van der Waals surface area contributed by atoms with Crippen LogP contribution in [0.3, 0.4) is 0 Å². The molecule has 0 spiro atoms. The Kier molecular flexibility index (Phi) is 5.34. The van der Waals surface area contributed by atoms with Crippen LogP contribution in [0.25, 0.3) is 0 Å². The Morgan fingerprint density at radius 2 is 2.00 bits per heavy atom. The van der Waals surface area contributed by atoms with E-state index in [4.69, 9.17) is 27.8 Å². The summed E-state index contributed by atoms with van der Waals surface area (Å²) in [7, 11) is 1.97. The molecule has 0 aliphatic heterocycles. The molecule has 21 heavy (non-hydrogen) atoms. The van der Waals surface area contributed by atoms with Gasteiger partial charge in [0.2, 0.25) is 0 Å². The third kappa shape index (κ3) is 4.70. The molecule has 0 saturated carbocycles. The number of amides is 1. The minimum Gasteiger partial charge on any atom is -0.443 e. The smallest absolute Gasteiger partial charge is 0.405 e. The van der Waals surface area contributed by atoms with Gasteiger partial charge in [0.05, 0.1) is 10.7 Å². The first-order valence-corrected chi connectivity index (χ1v) is 7.20. The van der Waals surface area contributed by atoms with E-state index in [1.807, 2.05) is 13.1 Å². The van der Waals surface area contributed by atoms with Gasteiger partial charge in [-0.1, -0.05) is 11.6 Å². The number of nitrogens with zero attached hydrogens (tertiary/aromatic N) is 1. The molecule has 1 rings (SSSR count). The average molecular weight is 314 g/mol. The SMILES string of the molecule is CC(C)N(C)c1cc(CC(C)(C)OC(N)=O)c(N)cc1Cl. The van der Waals surface area contributed by atoms with Crippen LogP contribution in [0.15, 0.2) is 12.1 Å². The maximum atomic E-state index is 10.9. The van der Waals surface area contributed by atoms with Gasteiger partial charge in [0.25, 0.3) is 0 Å². The third-order valence-corrected chi connectivity index (χ3v) is 3.66. The average Bonchev–Trinajstić information content (AvgIpc) is 2.29. The zero-order valence-electron chi connectivity index (χ0n) is 13.2. The van der Waals surface area contributed by atoms with Crippen LogP contribution in [0, 0.1) is 0 Å². The molecule has 118 valence electrons. The first kappa shape index (κ1) is 17.4. The van der Waals surface area contributed by atoms with Crippen molar-refractivity contribution in [3.8, 4) is 0 Å². The number of primary amides is 1. The van der Waals surface area contributed by atoms with Crippen molar-refractivity contribution in [2.45, 2.75) is 45.8 Å². The van der Waals surface area contributed by atoms with Crippen LogP contribution in [-0.4, -0.2) is 24.8 Å². The summed E-state index contributed by atoms with van der Waals surface area (Å²) in [6.07, 6.45) is -0.343. The van der Waals surface area contributed by atoms with Crippen molar-refractivity contribution in [2.24, 2.45) is 5.73 Å². The molecule has 0 heterocycles. The van der Waals surface area contributed by atoms with Gasteiger partial charge in [-0.3, -0.25) is 0 Å². The molecule has 1 amide bonds. The molecule has 0 aliphatic rings. The van der Waals surface area contributed by atoms with E-state index in [1.54, 1.807) is 19.9 Å². The summed E-state index contributed by atoms with van der Waals surface area (Å²) in [5.74, 6) is 0. The molecule has 0 saturated heterocycles. The normalized spacial score (nSPS) is 11.6. The Morgan fingerprint density at radius 1 is 1.43 bits per heavy atom. The highest BCUT2D eigenvalue weighted by atomic mass is 35.5. The maximum Gasteiger partial charge on any atom is 0.405 e. The Hall–Kier alpha value is -1.62. The van der Waals surface area contributed by atoms with Gasteiger partial charge >= 0.3 is 6.09 Å². The van der Waals surface area contributed by atoms with Gasteiger partial charge in [-0.15, -0.1) is 0 Å². The molecule has 0 aliphatic carbocycles. The van der Waals surface area contributed by atoms with Crippen LogP contribution in [0.4, 0.5) is 16.2 Å². The van der Waals surface area contributed by atoms with Crippen LogP contribution in [-0.2, 0) is 11.2 Å². The van der Waals surface area contributed by atoms with Crippen LogP contribution in [0.2, 0.25) is 5.02 Å². The van der Waals surface area contributed by atoms with Crippen molar-refractivity contribution >= 4 is 29.1 Å². The maximum absolute atomic E-state index is 10.9. The molecular formula is C15H24ClN3O2. The highest BCUT2D eigenvalue weighted by Crippen LogP contribution is 2.33. The number of hydrogen-bond acceptors (Lipinski definition) is 4. The molecule has 0 unspecified atom stereocenters. The Balaban J connectivity index is 3.13. The molecule has 0 fully saturated rings. The van der Waals surface area contributed by atoms with Crippen molar-refractivity contribution in [3.63, 3.8) is 0 Å². The van der Waals surface area contributed by atoms with E-state index in [9.17, 15) is 4.79 Å². The zero-order chi connectivity index (χ0) is 16.4. The van der Waals surface area contributed by atoms with Gasteiger partial charge in [0, 0.05) is 25.2 Å². The molecule has 6 heteroatoms. The summed E-state index contributed by atoms with van der Waals surface area (Å²) >= 11 is 6.27. The summed E-state index contributed by atoms with van der Waals surface area (Å²) in [5.41, 5.74) is 12.7. The summed E-state index contributed by atoms with van der Waals surface area (Å²) in [6.45, 7) is 7.73. The van der Waals surface area contributed by atoms with Gasteiger partial charge in [0.15, 0.2) is 0 Å². The second-order valence-electron chi connectivity index (χ2n) is 6.06. The molecule has 0 atom stereocenters. The van der Waals surface area contributed by atoms with Gasteiger partial charge in [-0.2, -0.15) is 0 Å². The monoisotopic (exact) mass is 313 g/mol. The fourth-order valence-corrected chi connectivity index (χ4v) is 2.39. The first-order chi connectivity index (χ1) is 9.53. The van der Waals surface area contributed by atoms with Gasteiger partial charge in [0.1, 0.15) is 5.60 Å². The molecule has 0 bridgehead atoms. The van der Waals surface area contributed by atoms with Crippen molar-refractivity contribution in [3.05, 3.63) is 22.7 Å². The van der Waals surface area contributed by atoms with E-state index in [1.165, 1.54) is 0 Å². The number of carbonyl (C=O) groups excluding carboxylic acids is 1. The van der Waals surface area contributed by atoms with E-state index >= 15 is 0 Å². The molecule has 4 N–H and O–H groups in total. The van der Waals surface area contributed by atoms with Crippen molar-refractivity contribution < 1.29 is 9.53 Å². The third-order valence-electron chi connectivity index (χ3n) is 3.36. The minimum atomic E-state index is -0.799. The van der Waals surface area contributed by atoms with Crippen LogP contribution in [0.1, 0.15) is 33.3 Å². The fraction of sp³-hybridized carbons (Fsp3) is 0.533. The number of nitrogen functional groups attached to an aromatic ring is 1. The van der Waals surface area contributed by atoms with Gasteiger partial charge in [-0.25, -0.2) is 4.79 Å². The Morgan fingerprint density at radius 3 is 2.48 bits per heavy atom. The second-order valence-corrected chi connectivity index (χ2v) is 6.47. The summed E-state index contributed by atoms with van der Waals surface area (Å²) < 4.78 is 5.11. The summed E-state index contributed by atoms with van der Waals surface area (Å²) in [4.78, 5) is 13.0. The number of rotatable bonds is 5. The summed E-state index contributed by atoms with van der Waals surface area (Å²) in [5, 5.41) is 0.598. The first-order valence-electron chi connectivity index (χ1n) is 6.82. The lowest BCUT2D eigenvalue weighted by atomic mass is 9.96. The van der Waals surface area contributed by atoms with Crippen LogP contribution in [0.5, 0.6) is 0 Å². The standard InChI is InChI=1S/C15H24ClN3O2/c1-9(2)19(5)13-6-10(12(17)7-11(13)16)8-15(3,4)21-14(18)20/h6-7,9H,8,17H2,1-5H3,(H2,18,20). The number of benzene rings is 1. The zero-order valence-corrected chi connectivity index (χ0v) is 14.0. The molecular weight excluding hydrogens is 290 g/mol. The van der Waals surface area contributed by atoms with E-state index in [0.717, 1.165) is 11.3 Å². The molecule has 0 radical (unpaired) electrons. The fourth-order valence-electron chi connectivity index (χ4n) is 2.09. The quantitative estimate of drug-likeness (QED) is 0.818. The minimum absolute atomic E-state index is 0.300. The van der Waals surface area contributed by atoms with Gasteiger partial charge < -0.3 is 21.1 Å². The molecule has 5 nitrogen and oxygen atoms in total. The molecule has 1 aromatic carbocycles. The highest BCUT2D eigenvalue weighted by Gasteiger charge is 2.24. The number of carbonyl (C=O) groups is 1. The van der Waals surface area contributed by atoms with E-state index < -0.39 is 11.7 Å². The lowest BCUT2D eigenvalue weighted by Crippen LogP contribution is -2.33. The van der Waals surface area contributed by atoms with E-state index in [2.05, 4.69) is 18.7 Å². The van der Waals surface area contributed by atoms with Crippen molar-refractivity contribution in [2.75, 3.05) is 17.7 Å². The predicted octanol–water partition coefficient (Wildman–Crippen LogP) is 3.18. The lowest BCUT2D eigenvalue weighted by Gasteiger charge is -2.28. The highest BCUT2D eigenvalue weighted by molar-refractivity contribution is 6.33. The van der Waals surface area contributed by atoms with Crippen LogP contribution < -0.4 is 16.4 Å². The topological polar surface area (TPSA) is 81.6 Å². The number of ether oxygens (including phenoxy) is 1. The van der Waals surface area contributed by atoms with E-state index in [0.29, 0.717) is 23.2 Å². The predicted molar refractivity (Wildman–Crippen MR) is 87.9 cm³/mol. The van der Waals surface area contributed by atoms with Gasteiger partial charge in [-0.05, 0) is 45.4 Å². The number of halogens is 1. The number of anilines is 2. The van der Waals surface area contributed by atoms with Crippen molar-refractivity contribution in [1.82, 2.24) is 0 Å². The van der Waals surface area contributed by atoms with Crippen LogP contribution >= 0.6 is 11.6 Å². The molecule has 0 aromatic heterocycles. The van der Waals surface area contributed by atoms with E-state index in [-0.39, 0.29) is 0 Å². The Labute approximate surface area is 131 Å². The molecule has 1 aromatic rings. The van der Waals surface area contributed by atoms with Crippen molar-refractivity contribution in [1.29, 1.82) is 0 Å². The Bertz CT molecular complexity index is 530. The number of hydrogen-bond donors (Lipinski definition) is 2. The summed E-state index contributed by atoms with van der Waals surface area (Å²) in [6, 6.07) is 3.96. The largest absolute Gasteiger partial charge is 0.443 e. The number of nitrogens with two attached hydrogens (primary N) is 2. The second kappa shape index (κ2) is 6.43.